The molecule has 0 aliphatic carbocycles. The predicted octanol–water partition coefficient (Wildman–Crippen LogP) is 3.92. The van der Waals surface area contributed by atoms with Crippen molar-refractivity contribution in [2.75, 3.05) is 6.61 Å². The average Bonchev–Trinajstić information content (AvgIpc) is 2.71. The minimum absolute atomic E-state index is 0.121. The van der Waals surface area contributed by atoms with Crippen LogP contribution in [0.4, 0.5) is 8.78 Å². The Kier molecular flexibility index (Phi) is 8.24. The van der Waals surface area contributed by atoms with E-state index in [1.54, 1.807) is 6.07 Å². The molecule has 0 aliphatic rings. The van der Waals surface area contributed by atoms with Gasteiger partial charge in [0.25, 0.3) is 11.8 Å². The largest absolute Gasteiger partial charge is 0.484 e. The first-order chi connectivity index (χ1) is 14.5. The molecule has 0 saturated carbocycles. The summed E-state index contributed by atoms with van der Waals surface area (Å²) in [4.78, 5) is 27.7. The lowest BCUT2D eigenvalue weighted by Gasteiger charge is -2.11. The fourth-order valence-corrected chi connectivity index (χ4v) is 2.59. The van der Waals surface area contributed by atoms with Crippen LogP contribution in [0.3, 0.4) is 0 Å². The number of benzene rings is 1. The molecule has 2 N–H and O–H groups in total. The highest BCUT2D eigenvalue weighted by atomic mass is 19.3. The lowest BCUT2D eigenvalue weighted by molar-refractivity contribution is -0.123. The normalized spacial score (nSPS) is 11.0. The van der Waals surface area contributed by atoms with Gasteiger partial charge in [0.2, 0.25) is 5.91 Å². The number of alkyl halides is 2. The number of rotatable bonds is 10. The van der Waals surface area contributed by atoms with Gasteiger partial charge in [-0.05, 0) is 55.2 Å². The fraction of sp³-hybridized carbons (Fsp3) is 0.348. The SMILES string of the molecule is C=C(CCC(=O)NCc1ccc(C(C)(F)F)nc1)NC(=O)COc1ccc(C)c(C)c1. The summed E-state index contributed by atoms with van der Waals surface area (Å²) in [5.74, 6) is -3.01. The van der Waals surface area contributed by atoms with Gasteiger partial charge in [-0.2, -0.15) is 8.78 Å². The summed E-state index contributed by atoms with van der Waals surface area (Å²) >= 11 is 0. The summed E-state index contributed by atoms with van der Waals surface area (Å²) in [6, 6.07) is 8.31. The highest BCUT2D eigenvalue weighted by molar-refractivity contribution is 5.80. The standard InChI is InChI=1S/C23H27F2N3O3/c1-15-5-8-19(11-16(15)2)31-14-22(30)28-17(3)6-10-21(29)27-13-18-7-9-20(26-12-18)23(4,24)25/h5,7-9,11-12H,3,6,10,13-14H2,1-2,4H3,(H,27,29)(H,28,30). The molecular formula is C23H27F2N3O3. The summed E-state index contributed by atoms with van der Waals surface area (Å²) in [5.41, 5.74) is 2.90. The smallest absolute Gasteiger partial charge is 0.286 e. The Morgan fingerprint density at radius 3 is 2.45 bits per heavy atom. The van der Waals surface area contributed by atoms with Gasteiger partial charge >= 0.3 is 0 Å². The van der Waals surface area contributed by atoms with E-state index in [4.69, 9.17) is 4.74 Å². The van der Waals surface area contributed by atoms with Crippen LogP contribution in [0.1, 0.15) is 42.1 Å². The van der Waals surface area contributed by atoms with Crippen molar-refractivity contribution in [3.63, 3.8) is 0 Å². The van der Waals surface area contributed by atoms with Crippen molar-refractivity contribution in [3.05, 3.63) is 71.2 Å². The van der Waals surface area contributed by atoms with Crippen LogP contribution >= 0.6 is 0 Å². The summed E-state index contributed by atoms with van der Waals surface area (Å²) in [6.07, 6.45) is 1.69. The fourth-order valence-electron chi connectivity index (χ4n) is 2.59. The summed E-state index contributed by atoms with van der Waals surface area (Å²) in [6.45, 7) is 8.49. The molecule has 2 rings (SSSR count). The number of nitrogens with zero attached hydrogens (tertiary/aromatic N) is 1. The number of nitrogens with one attached hydrogen (secondary N) is 2. The van der Waals surface area contributed by atoms with Gasteiger partial charge < -0.3 is 15.4 Å². The lowest BCUT2D eigenvalue weighted by atomic mass is 10.1. The van der Waals surface area contributed by atoms with E-state index in [1.807, 2.05) is 26.0 Å². The Labute approximate surface area is 180 Å². The van der Waals surface area contributed by atoms with E-state index in [0.717, 1.165) is 18.1 Å². The summed E-state index contributed by atoms with van der Waals surface area (Å²) in [5, 5.41) is 5.28. The summed E-state index contributed by atoms with van der Waals surface area (Å²) < 4.78 is 31.8. The molecule has 1 heterocycles. The number of hydrogen-bond donors (Lipinski definition) is 2. The third-order valence-electron chi connectivity index (χ3n) is 4.58. The second-order valence-corrected chi connectivity index (χ2v) is 7.40. The second-order valence-electron chi connectivity index (χ2n) is 7.40. The van der Waals surface area contributed by atoms with Crippen LogP contribution in [-0.2, 0) is 22.1 Å². The number of allylic oxidation sites excluding steroid dienone is 1. The van der Waals surface area contributed by atoms with E-state index < -0.39 is 5.92 Å². The molecule has 0 atom stereocenters. The second kappa shape index (κ2) is 10.7. The third-order valence-corrected chi connectivity index (χ3v) is 4.58. The van der Waals surface area contributed by atoms with Gasteiger partial charge in [0, 0.05) is 31.8 Å². The zero-order valence-corrected chi connectivity index (χ0v) is 17.9. The van der Waals surface area contributed by atoms with Gasteiger partial charge in [-0.25, -0.2) is 0 Å². The van der Waals surface area contributed by atoms with Crippen LogP contribution in [0, 0.1) is 13.8 Å². The predicted molar refractivity (Wildman–Crippen MR) is 114 cm³/mol. The number of aryl methyl sites for hydroxylation is 2. The van der Waals surface area contributed by atoms with Crippen molar-refractivity contribution in [1.29, 1.82) is 0 Å². The molecule has 31 heavy (non-hydrogen) atoms. The van der Waals surface area contributed by atoms with Crippen LogP contribution in [0.25, 0.3) is 0 Å². The van der Waals surface area contributed by atoms with Crippen LogP contribution in [0.2, 0.25) is 0 Å². The van der Waals surface area contributed by atoms with E-state index in [2.05, 4.69) is 22.2 Å². The Hall–Kier alpha value is -3.29. The maximum Gasteiger partial charge on any atom is 0.286 e. The maximum atomic E-state index is 13.2. The zero-order chi connectivity index (χ0) is 23.0. The van der Waals surface area contributed by atoms with Gasteiger partial charge in [-0.3, -0.25) is 14.6 Å². The number of amides is 2. The molecule has 1 aromatic carbocycles. The topological polar surface area (TPSA) is 80.3 Å². The first-order valence-electron chi connectivity index (χ1n) is 9.82. The zero-order valence-electron chi connectivity index (χ0n) is 17.9. The number of carbonyl (C=O) groups excluding carboxylic acids is 2. The van der Waals surface area contributed by atoms with E-state index >= 15 is 0 Å². The van der Waals surface area contributed by atoms with Gasteiger partial charge in [0.05, 0.1) is 0 Å². The van der Waals surface area contributed by atoms with Crippen molar-refractivity contribution in [1.82, 2.24) is 15.6 Å². The Bertz CT molecular complexity index is 938. The van der Waals surface area contributed by atoms with Crippen LogP contribution in [0.15, 0.2) is 48.8 Å². The molecule has 0 unspecified atom stereocenters. The molecule has 1 aromatic heterocycles. The molecule has 0 fully saturated rings. The molecule has 166 valence electrons. The van der Waals surface area contributed by atoms with Crippen LogP contribution in [-0.4, -0.2) is 23.4 Å². The average molecular weight is 431 g/mol. The molecule has 0 radical (unpaired) electrons. The van der Waals surface area contributed by atoms with E-state index in [-0.39, 0.29) is 43.5 Å². The highest BCUT2D eigenvalue weighted by Crippen LogP contribution is 2.24. The Morgan fingerprint density at radius 1 is 1.10 bits per heavy atom. The van der Waals surface area contributed by atoms with E-state index in [1.165, 1.54) is 18.3 Å². The van der Waals surface area contributed by atoms with E-state index in [0.29, 0.717) is 17.0 Å². The molecule has 2 aromatic rings. The van der Waals surface area contributed by atoms with Gasteiger partial charge in [0.1, 0.15) is 11.4 Å². The monoisotopic (exact) mass is 431 g/mol. The van der Waals surface area contributed by atoms with E-state index in [9.17, 15) is 18.4 Å². The Morgan fingerprint density at radius 2 is 1.84 bits per heavy atom. The van der Waals surface area contributed by atoms with Crippen molar-refractivity contribution in [2.24, 2.45) is 0 Å². The number of hydrogen-bond acceptors (Lipinski definition) is 4. The molecule has 6 nitrogen and oxygen atoms in total. The third kappa shape index (κ3) is 8.16. The minimum atomic E-state index is -3.00. The van der Waals surface area contributed by atoms with Gasteiger partial charge in [-0.15, -0.1) is 0 Å². The molecule has 0 saturated heterocycles. The highest BCUT2D eigenvalue weighted by Gasteiger charge is 2.25. The van der Waals surface area contributed by atoms with Crippen molar-refractivity contribution >= 4 is 11.8 Å². The molecule has 0 spiro atoms. The molecule has 2 amide bonds. The Balaban J connectivity index is 1.67. The van der Waals surface area contributed by atoms with Crippen LogP contribution in [0.5, 0.6) is 5.75 Å². The molecule has 8 heteroatoms. The first kappa shape index (κ1) is 24.0. The molecule has 0 bridgehead atoms. The number of aromatic nitrogens is 1. The van der Waals surface area contributed by atoms with Gasteiger partial charge in [0.15, 0.2) is 6.61 Å². The number of ether oxygens (including phenoxy) is 1. The quantitative estimate of drug-likeness (QED) is 0.598. The van der Waals surface area contributed by atoms with Crippen LogP contribution < -0.4 is 15.4 Å². The maximum absolute atomic E-state index is 13.2. The number of pyridine rings is 1. The van der Waals surface area contributed by atoms with Crippen molar-refractivity contribution < 1.29 is 23.1 Å². The van der Waals surface area contributed by atoms with Crippen molar-refractivity contribution in [3.8, 4) is 5.75 Å². The first-order valence-corrected chi connectivity index (χ1v) is 9.82. The van der Waals surface area contributed by atoms with Crippen molar-refractivity contribution in [2.45, 2.75) is 46.1 Å². The molecular weight excluding hydrogens is 404 g/mol. The summed E-state index contributed by atoms with van der Waals surface area (Å²) in [7, 11) is 0. The molecule has 0 aliphatic heterocycles. The van der Waals surface area contributed by atoms with Gasteiger partial charge in [-0.1, -0.05) is 18.7 Å². The number of carbonyl (C=O) groups is 2. The lowest BCUT2D eigenvalue weighted by Crippen LogP contribution is -2.29. The number of halogens is 2. The minimum Gasteiger partial charge on any atom is -0.484 e.